The maximum atomic E-state index is 13.2. The van der Waals surface area contributed by atoms with Crippen LogP contribution >= 0.6 is 11.6 Å². The summed E-state index contributed by atoms with van der Waals surface area (Å²) in [5, 5.41) is 20.7. The summed E-state index contributed by atoms with van der Waals surface area (Å²) >= 11 is 6.22. The molecule has 0 spiro atoms. The van der Waals surface area contributed by atoms with Gasteiger partial charge >= 0.3 is 12.1 Å². The van der Waals surface area contributed by atoms with Gasteiger partial charge in [-0.1, -0.05) is 24.4 Å². The van der Waals surface area contributed by atoms with Crippen LogP contribution in [0.5, 0.6) is 0 Å². The average Bonchev–Trinajstić information content (AvgIpc) is 3.71. The number of amides is 2. The van der Waals surface area contributed by atoms with Gasteiger partial charge in [-0.2, -0.15) is 4.68 Å². The molecule has 2 bridgehead atoms. The molecule has 0 aliphatic carbocycles. The van der Waals surface area contributed by atoms with Crippen molar-refractivity contribution < 1.29 is 23.9 Å². The summed E-state index contributed by atoms with van der Waals surface area (Å²) in [6.45, 7) is 1.96. The Bertz CT molecular complexity index is 1740. The first kappa shape index (κ1) is 32.0. The fourth-order valence-electron chi connectivity index (χ4n) is 5.07. The van der Waals surface area contributed by atoms with Crippen molar-refractivity contribution in [3.63, 3.8) is 0 Å². The van der Waals surface area contributed by atoms with Gasteiger partial charge in [0.2, 0.25) is 5.91 Å². The summed E-state index contributed by atoms with van der Waals surface area (Å²) in [7, 11) is 1.26. The van der Waals surface area contributed by atoms with Crippen LogP contribution in [-0.2, 0) is 19.1 Å². The normalized spacial score (nSPS) is 16.3. The molecule has 0 saturated heterocycles. The number of aromatic nitrogens is 6. The number of fused-ring (bicyclic) bond motifs is 4. The molecule has 0 saturated carbocycles. The molecule has 2 aromatic carbocycles. The number of benzene rings is 2. The molecular weight excluding hydrogens is 616 g/mol. The number of nitrogen functional groups attached to an aromatic ring is 1. The zero-order valence-corrected chi connectivity index (χ0v) is 25.9. The third-order valence-corrected chi connectivity index (χ3v) is 7.47. The largest absolute Gasteiger partial charge is 0.464 e. The molecular formula is C30H33ClN10O5. The minimum atomic E-state index is -0.686. The van der Waals surface area contributed by atoms with Gasteiger partial charge in [0, 0.05) is 33.6 Å². The zero-order chi connectivity index (χ0) is 32.6. The number of imidazole rings is 1. The molecule has 46 heavy (non-hydrogen) atoms. The number of anilines is 3. The summed E-state index contributed by atoms with van der Waals surface area (Å²) in [5.41, 5.74) is 9.62. The third kappa shape index (κ3) is 7.61. The smallest absolute Gasteiger partial charge is 0.411 e. The lowest BCUT2D eigenvalue weighted by Gasteiger charge is -2.22. The third-order valence-electron chi connectivity index (χ3n) is 7.24. The highest BCUT2D eigenvalue weighted by molar-refractivity contribution is 6.30. The lowest BCUT2D eigenvalue weighted by Crippen LogP contribution is -2.32. The van der Waals surface area contributed by atoms with E-state index in [0.717, 1.165) is 0 Å². The number of carbonyl (C=O) groups is 3. The van der Waals surface area contributed by atoms with Crippen molar-refractivity contribution in [2.24, 2.45) is 0 Å². The molecule has 16 heteroatoms. The zero-order valence-electron chi connectivity index (χ0n) is 25.1. The van der Waals surface area contributed by atoms with E-state index in [1.165, 1.54) is 24.2 Å². The minimum Gasteiger partial charge on any atom is -0.464 e. The Hall–Kier alpha value is -5.44. The Balaban J connectivity index is 1.45. The van der Waals surface area contributed by atoms with E-state index in [0.29, 0.717) is 70.4 Å². The van der Waals surface area contributed by atoms with E-state index in [-0.39, 0.29) is 18.3 Å². The number of nitrogens with zero attached hydrogens (tertiary/aromatic N) is 5. The number of carbonyl (C=O) groups excluding carboxylic acids is 3. The second-order valence-electron chi connectivity index (χ2n) is 10.3. The fourth-order valence-corrected chi connectivity index (χ4v) is 5.25. The molecule has 3 heterocycles. The van der Waals surface area contributed by atoms with Gasteiger partial charge in [-0.05, 0) is 72.7 Å². The number of methoxy groups -OCH3 is 1. The van der Waals surface area contributed by atoms with Crippen molar-refractivity contribution in [3.05, 3.63) is 65.2 Å². The molecule has 2 aromatic heterocycles. The molecule has 6 N–H and O–H groups in total. The van der Waals surface area contributed by atoms with Crippen LogP contribution in [0.3, 0.4) is 0 Å². The number of aromatic amines is 1. The molecule has 240 valence electrons. The molecule has 15 nitrogen and oxygen atoms in total. The molecule has 5 rings (SSSR count). The van der Waals surface area contributed by atoms with Gasteiger partial charge in [-0.25, -0.2) is 14.6 Å². The maximum Gasteiger partial charge on any atom is 0.411 e. The van der Waals surface area contributed by atoms with Gasteiger partial charge < -0.3 is 30.8 Å². The highest BCUT2D eigenvalue weighted by Gasteiger charge is 2.26. The van der Waals surface area contributed by atoms with Gasteiger partial charge in [-0.3, -0.25) is 10.1 Å². The van der Waals surface area contributed by atoms with Crippen LogP contribution in [0.2, 0.25) is 5.02 Å². The Morgan fingerprint density at radius 2 is 2.00 bits per heavy atom. The number of tetrazole rings is 1. The Kier molecular flexibility index (Phi) is 10.1. The van der Waals surface area contributed by atoms with Gasteiger partial charge in [0.25, 0.3) is 0 Å². The van der Waals surface area contributed by atoms with E-state index in [2.05, 4.69) is 36.5 Å². The predicted molar refractivity (Wildman–Crippen MR) is 171 cm³/mol. The van der Waals surface area contributed by atoms with Crippen molar-refractivity contribution in [2.75, 3.05) is 30.1 Å². The lowest BCUT2D eigenvalue weighted by molar-refractivity contribution is -0.144. The first-order chi connectivity index (χ1) is 22.2. The summed E-state index contributed by atoms with van der Waals surface area (Å²) in [6, 6.07) is 9.01. The Morgan fingerprint density at radius 1 is 1.17 bits per heavy atom. The van der Waals surface area contributed by atoms with Crippen LogP contribution < -0.4 is 21.7 Å². The average molecular weight is 649 g/mol. The quantitative estimate of drug-likeness (QED) is 0.141. The number of H-pyrrole nitrogens is 1. The van der Waals surface area contributed by atoms with E-state index in [9.17, 15) is 14.4 Å². The van der Waals surface area contributed by atoms with Crippen LogP contribution in [0.15, 0.2) is 48.8 Å². The van der Waals surface area contributed by atoms with E-state index in [1.807, 2.05) is 0 Å². The van der Waals surface area contributed by atoms with Crippen molar-refractivity contribution in [1.29, 1.82) is 0 Å². The Morgan fingerprint density at radius 3 is 2.76 bits per heavy atom. The number of hydrogen-bond donors (Lipinski definition) is 5. The molecule has 4 aromatic rings. The number of esters is 1. The first-order valence-electron chi connectivity index (χ1n) is 14.5. The Labute approximate surface area is 268 Å². The first-order valence-corrected chi connectivity index (χ1v) is 14.9. The number of hydrogen-bond acceptors (Lipinski definition) is 11. The number of halogens is 1. The molecule has 0 fully saturated rings. The van der Waals surface area contributed by atoms with Gasteiger partial charge in [0.1, 0.15) is 29.7 Å². The number of ether oxygens (including phenoxy) is 2. The fraction of sp³-hybridized carbons (Fsp3) is 0.300. The topological polar surface area (TPSA) is 204 Å². The number of nitrogens with two attached hydrogens (primary N) is 1. The maximum absolute atomic E-state index is 13.2. The molecule has 0 radical (unpaired) electrons. The van der Waals surface area contributed by atoms with Crippen molar-refractivity contribution in [2.45, 2.75) is 44.7 Å². The lowest BCUT2D eigenvalue weighted by atomic mass is 10.0. The molecule has 1 aliphatic heterocycles. The highest BCUT2D eigenvalue weighted by Crippen LogP contribution is 2.36. The van der Waals surface area contributed by atoms with Crippen LogP contribution in [0, 0.1) is 0 Å². The number of nitrogens with one attached hydrogen (secondary N) is 4. The van der Waals surface area contributed by atoms with Gasteiger partial charge in [-0.15, -0.1) is 5.10 Å². The van der Waals surface area contributed by atoms with Crippen LogP contribution in [0.25, 0.3) is 23.0 Å². The van der Waals surface area contributed by atoms with E-state index >= 15 is 0 Å². The molecule has 1 aliphatic rings. The van der Waals surface area contributed by atoms with E-state index in [1.54, 1.807) is 49.4 Å². The minimum absolute atomic E-state index is 0.220. The summed E-state index contributed by atoms with van der Waals surface area (Å²) in [5.74, 6) is -0.0547. The van der Waals surface area contributed by atoms with Crippen molar-refractivity contribution >= 4 is 52.8 Å². The monoisotopic (exact) mass is 648 g/mol. The van der Waals surface area contributed by atoms with Crippen LogP contribution in [0.4, 0.5) is 22.0 Å². The van der Waals surface area contributed by atoms with Gasteiger partial charge in [0.05, 0.1) is 25.4 Å². The highest BCUT2D eigenvalue weighted by atomic mass is 35.5. The second-order valence-corrected chi connectivity index (χ2v) is 10.8. The van der Waals surface area contributed by atoms with E-state index < -0.39 is 24.1 Å². The predicted octanol–water partition coefficient (Wildman–Crippen LogP) is 4.25. The van der Waals surface area contributed by atoms with Crippen LogP contribution in [-0.4, -0.2) is 67.9 Å². The summed E-state index contributed by atoms with van der Waals surface area (Å²) < 4.78 is 11.5. The molecule has 2 atom stereocenters. The van der Waals surface area contributed by atoms with Gasteiger partial charge in [0.15, 0.2) is 0 Å². The standard InChI is InChI=1S/C30H33ClN10O5/c1-3-46-29(43)22-7-5-4-6-21(36-25(42)13-8-17-14-18(31)9-12-24(17)41-16-33-39-40-41)28-37-26(27(32)38-28)20-11-10-19(15-23(20)35-22)34-30(44)45-2/h8-16,21-22,35H,3-7,32H2,1-2H3,(H,34,44)(H,36,42)(H,37,38)/b13-8+/t21-,22+/m0/s1. The SMILES string of the molecule is CCOC(=O)[C@H]1CCCC[C@H](NC(=O)/C=C/c2cc(Cl)ccc2-n2cnnn2)c2nc(c(N)[nH]2)-c2ccc(NC(=O)OC)cc2N1. The summed E-state index contributed by atoms with van der Waals surface area (Å²) in [6.07, 6.45) is 6.08. The van der Waals surface area contributed by atoms with Crippen LogP contribution in [0.1, 0.15) is 50.0 Å². The van der Waals surface area contributed by atoms with Crippen molar-refractivity contribution in [1.82, 2.24) is 35.5 Å². The molecule has 0 unspecified atom stereocenters. The molecule has 2 amide bonds. The van der Waals surface area contributed by atoms with E-state index in [4.69, 9.17) is 31.8 Å². The second kappa shape index (κ2) is 14.6. The number of rotatable bonds is 7. The summed E-state index contributed by atoms with van der Waals surface area (Å²) in [4.78, 5) is 46.0. The van der Waals surface area contributed by atoms with Crippen molar-refractivity contribution in [3.8, 4) is 16.9 Å².